The summed E-state index contributed by atoms with van der Waals surface area (Å²) in [6, 6.07) is 11.6. The molecular formula is C28H41NO3. The van der Waals surface area contributed by atoms with Crippen LogP contribution in [0.5, 0.6) is 5.75 Å². The first-order valence-electron chi connectivity index (χ1n) is 12.5. The van der Waals surface area contributed by atoms with Gasteiger partial charge in [0.15, 0.2) is 0 Å². The van der Waals surface area contributed by atoms with Crippen molar-refractivity contribution in [2.24, 2.45) is 5.92 Å². The largest absolute Gasteiger partial charge is 0.427 e. The lowest BCUT2D eigenvalue weighted by atomic mass is 10.0. The Morgan fingerprint density at radius 3 is 2.41 bits per heavy atom. The number of ether oxygens (including phenoxy) is 2. The molecule has 1 aromatic heterocycles. The molecule has 0 aliphatic carbocycles. The summed E-state index contributed by atoms with van der Waals surface area (Å²) in [5.41, 5.74) is 2.99. The van der Waals surface area contributed by atoms with Crippen LogP contribution in [0.4, 0.5) is 0 Å². The summed E-state index contributed by atoms with van der Waals surface area (Å²) in [6.07, 6.45) is 12.9. The highest BCUT2D eigenvalue weighted by Gasteiger charge is 2.07. The normalized spacial score (nSPS) is 12.0. The first-order chi connectivity index (χ1) is 15.6. The third kappa shape index (κ3) is 10.4. The Bertz CT molecular complexity index is 755. The zero-order chi connectivity index (χ0) is 23.0. The molecule has 0 amide bonds. The number of carbonyl (C=O) groups is 1. The smallest absolute Gasteiger partial charge is 0.311 e. The molecule has 0 bridgehead atoms. The van der Waals surface area contributed by atoms with E-state index >= 15 is 0 Å². The van der Waals surface area contributed by atoms with Crippen molar-refractivity contribution in [2.45, 2.75) is 91.6 Å². The fourth-order valence-corrected chi connectivity index (χ4v) is 3.52. The second-order valence-corrected chi connectivity index (χ2v) is 8.78. The van der Waals surface area contributed by atoms with E-state index in [-0.39, 0.29) is 5.97 Å². The number of benzene rings is 1. The summed E-state index contributed by atoms with van der Waals surface area (Å²) in [5.74, 6) is 1.16. The van der Waals surface area contributed by atoms with E-state index in [1.54, 1.807) is 0 Å². The molecule has 0 aliphatic rings. The molecule has 0 fully saturated rings. The number of nitrogens with zero attached hydrogens (tertiary/aromatic N) is 1. The summed E-state index contributed by atoms with van der Waals surface area (Å²) in [7, 11) is 0. The van der Waals surface area contributed by atoms with E-state index in [1.165, 1.54) is 38.5 Å². The summed E-state index contributed by atoms with van der Waals surface area (Å²) in [4.78, 5) is 16.6. The number of unbranched alkanes of at least 4 members (excludes halogenated alkanes) is 5. The molecule has 0 saturated heterocycles. The van der Waals surface area contributed by atoms with Crippen molar-refractivity contribution < 1.29 is 14.3 Å². The third-order valence-electron chi connectivity index (χ3n) is 5.89. The monoisotopic (exact) mass is 439 g/mol. The Labute approximate surface area is 194 Å². The average molecular weight is 440 g/mol. The summed E-state index contributed by atoms with van der Waals surface area (Å²) in [5, 5.41) is 0. The van der Waals surface area contributed by atoms with Crippen LogP contribution in [-0.2, 0) is 16.1 Å². The van der Waals surface area contributed by atoms with Gasteiger partial charge in [-0.2, -0.15) is 0 Å². The summed E-state index contributed by atoms with van der Waals surface area (Å²) < 4.78 is 11.2. The quantitative estimate of drug-likeness (QED) is 0.152. The Kier molecular flexibility index (Phi) is 12.7. The third-order valence-corrected chi connectivity index (χ3v) is 5.89. The van der Waals surface area contributed by atoms with Crippen molar-refractivity contribution in [3.63, 3.8) is 0 Å². The Morgan fingerprint density at radius 1 is 0.938 bits per heavy atom. The molecule has 0 saturated carbocycles. The van der Waals surface area contributed by atoms with Crippen LogP contribution in [-0.4, -0.2) is 17.6 Å². The SMILES string of the molecule is CCCCCCCOCc1ccc(-c2ccc(OC(=O)CCCCC(C)CC)cc2)nc1. The number of hydrogen-bond donors (Lipinski definition) is 0. The van der Waals surface area contributed by atoms with Crippen LogP contribution in [0.1, 0.15) is 90.5 Å². The highest BCUT2D eigenvalue weighted by atomic mass is 16.5. The highest BCUT2D eigenvalue weighted by molar-refractivity contribution is 5.72. The average Bonchev–Trinajstić information content (AvgIpc) is 2.82. The number of aromatic nitrogens is 1. The van der Waals surface area contributed by atoms with Gasteiger partial charge in [0.1, 0.15) is 5.75 Å². The predicted octanol–water partition coefficient (Wildman–Crippen LogP) is 7.75. The van der Waals surface area contributed by atoms with E-state index < -0.39 is 0 Å². The molecule has 2 rings (SSSR count). The van der Waals surface area contributed by atoms with Gasteiger partial charge in [0.05, 0.1) is 12.3 Å². The molecule has 176 valence electrons. The molecule has 0 N–H and O–H groups in total. The Balaban J connectivity index is 1.71. The van der Waals surface area contributed by atoms with Crippen molar-refractivity contribution in [3.8, 4) is 17.0 Å². The van der Waals surface area contributed by atoms with E-state index in [1.807, 2.05) is 36.5 Å². The maximum atomic E-state index is 12.0. The van der Waals surface area contributed by atoms with Gasteiger partial charge in [0.2, 0.25) is 0 Å². The van der Waals surface area contributed by atoms with Gasteiger partial charge in [-0.25, -0.2) is 0 Å². The van der Waals surface area contributed by atoms with E-state index in [4.69, 9.17) is 9.47 Å². The number of carbonyl (C=O) groups excluding carboxylic acids is 1. The van der Waals surface area contributed by atoms with Gasteiger partial charge in [-0.15, -0.1) is 0 Å². The van der Waals surface area contributed by atoms with E-state index in [2.05, 4.69) is 31.8 Å². The fraction of sp³-hybridized carbons (Fsp3) is 0.571. The predicted molar refractivity (Wildman–Crippen MR) is 132 cm³/mol. The number of rotatable bonds is 16. The second kappa shape index (κ2) is 15.6. The van der Waals surface area contributed by atoms with Crippen molar-refractivity contribution in [1.82, 2.24) is 4.98 Å². The molecule has 2 aromatic rings. The number of hydrogen-bond acceptors (Lipinski definition) is 4. The lowest BCUT2D eigenvalue weighted by Crippen LogP contribution is -2.07. The Morgan fingerprint density at radius 2 is 1.72 bits per heavy atom. The van der Waals surface area contributed by atoms with Crippen LogP contribution in [0, 0.1) is 5.92 Å². The van der Waals surface area contributed by atoms with E-state index in [0.717, 1.165) is 48.6 Å². The van der Waals surface area contributed by atoms with Gasteiger partial charge < -0.3 is 9.47 Å². The van der Waals surface area contributed by atoms with Crippen LogP contribution in [0.15, 0.2) is 42.6 Å². The van der Waals surface area contributed by atoms with E-state index in [0.29, 0.717) is 18.8 Å². The minimum absolute atomic E-state index is 0.158. The van der Waals surface area contributed by atoms with Crippen molar-refractivity contribution in [3.05, 3.63) is 48.2 Å². The van der Waals surface area contributed by atoms with E-state index in [9.17, 15) is 4.79 Å². The van der Waals surface area contributed by atoms with Gasteiger partial charge in [0.25, 0.3) is 0 Å². The standard InChI is InChI=1S/C28H41NO3/c1-4-6-7-8-11-20-31-22-24-14-19-27(29-21-24)25-15-17-26(18-16-25)32-28(30)13-10-9-12-23(3)5-2/h14-19,21,23H,4-13,20,22H2,1-3H3. The van der Waals surface area contributed by atoms with Crippen LogP contribution < -0.4 is 4.74 Å². The van der Waals surface area contributed by atoms with Crippen LogP contribution in [0.3, 0.4) is 0 Å². The zero-order valence-electron chi connectivity index (χ0n) is 20.3. The zero-order valence-corrected chi connectivity index (χ0v) is 20.3. The van der Waals surface area contributed by atoms with Crippen molar-refractivity contribution in [2.75, 3.05) is 6.61 Å². The maximum Gasteiger partial charge on any atom is 0.311 e. The minimum Gasteiger partial charge on any atom is -0.427 e. The fourth-order valence-electron chi connectivity index (χ4n) is 3.52. The second-order valence-electron chi connectivity index (χ2n) is 8.78. The van der Waals surface area contributed by atoms with Crippen LogP contribution in [0.25, 0.3) is 11.3 Å². The maximum absolute atomic E-state index is 12.0. The Hall–Kier alpha value is -2.20. The molecule has 4 heteroatoms. The summed E-state index contributed by atoms with van der Waals surface area (Å²) >= 11 is 0. The van der Waals surface area contributed by atoms with Gasteiger partial charge >= 0.3 is 5.97 Å². The molecule has 1 heterocycles. The van der Waals surface area contributed by atoms with Gasteiger partial charge in [-0.1, -0.05) is 71.8 Å². The highest BCUT2D eigenvalue weighted by Crippen LogP contribution is 2.22. The van der Waals surface area contributed by atoms with Crippen molar-refractivity contribution in [1.29, 1.82) is 0 Å². The van der Waals surface area contributed by atoms with Gasteiger partial charge in [-0.05, 0) is 54.7 Å². The number of esters is 1. The molecule has 1 aromatic carbocycles. The molecule has 32 heavy (non-hydrogen) atoms. The lowest BCUT2D eigenvalue weighted by Gasteiger charge is -2.08. The lowest BCUT2D eigenvalue weighted by molar-refractivity contribution is -0.134. The van der Waals surface area contributed by atoms with Gasteiger partial charge in [-0.3, -0.25) is 9.78 Å². The van der Waals surface area contributed by atoms with Gasteiger partial charge in [0, 0.05) is 24.8 Å². The van der Waals surface area contributed by atoms with Crippen molar-refractivity contribution >= 4 is 5.97 Å². The molecule has 1 atom stereocenters. The van der Waals surface area contributed by atoms with Crippen LogP contribution in [0.2, 0.25) is 0 Å². The topological polar surface area (TPSA) is 48.4 Å². The minimum atomic E-state index is -0.158. The molecule has 0 radical (unpaired) electrons. The first-order valence-corrected chi connectivity index (χ1v) is 12.5. The molecule has 4 nitrogen and oxygen atoms in total. The molecular weight excluding hydrogens is 398 g/mol. The number of pyridine rings is 1. The van der Waals surface area contributed by atoms with Crippen LogP contribution >= 0.6 is 0 Å². The first kappa shape index (κ1) is 26.1. The molecule has 1 unspecified atom stereocenters. The summed E-state index contributed by atoms with van der Waals surface area (Å²) in [6.45, 7) is 8.11. The molecule has 0 spiro atoms. The molecule has 0 aliphatic heterocycles.